The lowest BCUT2D eigenvalue weighted by Gasteiger charge is -2.21. The first-order valence-electron chi connectivity index (χ1n) is 5.37. The van der Waals surface area contributed by atoms with Gasteiger partial charge in [0.15, 0.2) is 0 Å². The van der Waals surface area contributed by atoms with Crippen molar-refractivity contribution in [3.05, 3.63) is 23.3 Å². The molecule has 1 heterocycles. The minimum absolute atomic E-state index is 0.211. The summed E-state index contributed by atoms with van der Waals surface area (Å²) in [5, 5.41) is 18.6. The number of methoxy groups -OCH3 is 1. The highest BCUT2D eigenvalue weighted by molar-refractivity contribution is 6.60. The van der Waals surface area contributed by atoms with Crippen LogP contribution >= 0.6 is 0 Å². The monoisotopic (exact) mass is 236 g/mol. The molecule has 0 radical (unpaired) electrons. The molecule has 0 fully saturated rings. The van der Waals surface area contributed by atoms with Crippen LogP contribution in [-0.4, -0.2) is 36.9 Å². The molecule has 1 aliphatic rings. The molecule has 2 rings (SSSR count). The van der Waals surface area contributed by atoms with E-state index < -0.39 is 13.1 Å². The van der Waals surface area contributed by atoms with Crippen LogP contribution in [0, 0.1) is 0 Å². The Balaban J connectivity index is 2.52. The Labute approximate surface area is 99.1 Å². The molecule has 17 heavy (non-hydrogen) atoms. The Hall–Kier alpha value is -1.53. The smallest absolute Gasteiger partial charge is 0.492 e. The fourth-order valence-electron chi connectivity index (χ4n) is 1.94. The van der Waals surface area contributed by atoms with Gasteiger partial charge < -0.3 is 19.5 Å². The van der Waals surface area contributed by atoms with Gasteiger partial charge in [0.25, 0.3) is 0 Å². The molecule has 0 amide bonds. The van der Waals surface area contributed by atoms with E-state index in [0.29, 0.717) is 17.9 Å². The number of carbonyl (C=O) groups is 1. The zero-order chi connectivity index (χ0) is 12.4. The van der Waals surface area contributed by atoms with E-state index in [9.17, 15) is 14.8 Å². The van der Waals surface area contributed by atoms with E-state index in [0.717, 1.165) is 18.4 Å². The number of ether oxygens (including phenoxy) is 2. The van der Waals surface area contributed by atoms with Gasteiger partial charge in [-0.05, 0) is 30.5 Å². The largest absolute Gasteiger partial charge is 0.494 e. The molecular formula is C11H13BO5. The molecule has 1 aromatic rings. The Morgan fingerprint density at radius 2 is 2.24 bits per heavy atom. The van der Waals surface area contributed by atoms with Gasteiger partial charge in [-0.25, -0.2) is 4.79 Å². The minimum Gasteiger partial charge on any atom is -0.494 e. The third kappa shape index (κ3) is 2.27. The van der Waals surface area contributed by atoms with Crippen molar-refractivity contribution >= 4 is 18.6 Å². The fraction of sp³-hybridized carbons (Fsp3) is 0.364. The summed E-state index contributed by atoms with van der Waals surface area (Å²) in [6, 6.07) is 3.06. The number of fused-ring (bicyclic) bond motifs is 1. The lowest BCUT2D eigenvalue weighted by molar-refractivity contribution is 0.0600. The van der Waals surface area contributed by atoms with Gasteiger partial charge >= 0.3 is 13.1 Å². The Kier molecular flexibility index (Phi) is 3.35. The number of benzene rings is 1. The molecule has 0 saturated carbocycles. The molecule has 6 heteroatoms. The molecule has 0 saturated heterocycles. The number of carbonyl (C=O) groups excluding carboxylic acids is 1. The molecule has 0 atom stereocenters. The van der Waals surface area contributed by atoms with Crippen molar-refractivity contribution in [2.75, 3.05) is 13.7 Å². The maximum Gasteiger partial charge on any atom is 0.492 e. The summed E-state index contributed by atoms with van der Waals surface area (Å²) in [4.78, 5) is 11.4. The summed E-state index contributed by atoms with van der Waals surface area (Å²) >= 11 is 0. The molecule has 0 aromatic heterocycles. The van der Waals surface area contributed by atoms with E-state index in [2.05, 4.69) is 4.74 Å². The third-order valence-corrected chi connectivity index (χ3v) is 2.73. The van der Waals surface area contributed by atoms with Crippen LogP contribution in [0.25, 0.3) is 0 Å². The standard InChI is InChI=1S/C11H13BO5/c1-16-11(13)8-5-7-3-2-4-17-10(7)9(6-8)12(14)15/h5-6,14-15H,2-4H2,1H3. The Bertz CT molecular complexity index is 444. The van der Waals surface area contributed by atoms with E-state index in [1.165, 1.54) is 13.2 Å². The highest BCUT2D eigenvalue weighted by Crippen LogP contribution is 2.24. The highest BCUT2D eigenvalue weighted by Gasteiger charge is 2.25. The van der Waals surface area contributed by atoms with Crippen LogP contribution in [0.2, 0.25) is 0 Å². The third-order valence-electron chi connectivity index (χ3n) is 2.73. The van der Waals surface area contributed by atoms with Gasteiger partial charge in [-0.2, -0.15) is 0 Å². The number of aryl methyl sites for hydroxylation is 1. The molecule has 5 nitrogen and oxygen atoms in total. The van der Waals surface area contributed by atoms with Gasteiger partial charge in [0.05, 0.1) is 19.3 Å². The molecule has 2 N–H and O–H groups in total. The van der Waals surface area contributed by atoms with Crippen molar-refractivity contribution in [1.29, 1.82) is 0 Å². The molecule has 90 valence electrons. The predicted octanol–water partition coefficient (Wildman–Crippen LogP) is -0.522. The van der Waals surface area contributed by atoms with Gasteiger partial charge in [-0.15, -0.1) is 0 Å². The van der Waals surface area contributed by atoms with Crippen LogP contribution in [-0.2, 0) is 11.2 Å². The van der Waals surface area contributed by atoms with Gasteiger partial charge in [0, 0.05) is 5.46 Å². The van der Waals surface area contributed by atoms with E-state index in [1.54, 1.807) is 6.07 Å². The number of esters is 1. The van der Waals surface area contributed by atoms with Gasteiger partial charge in [0.1, 0.15) is 5.75 Å². The van der Waals surface area contributed by atoms with Crippen LogP contribution < -0.4 is 10.2 Å². The van der Waals surface area contributed by atoms with Gasteiger partial charge in [-0.3, -0.25) is 0 Å². The van der Waals surface area contributed by atoms with Crippen LogP contribution in [0.1, 0.15) is 22.3 Å². The lowest BCUT2D eigenvalue weighted by atomic mass is 9.76. The van der Waals surface area contributed by atoms with Crippen molar-refractivity contribution in [2.45, 2.75) is 12.8 Å². The maximum absolute atomic E-state index is 11.4. The summed E-state index contributed by atoms with van der Waals surface area (Å²) in [6.45, 7) is 0.546. The molecule has 0 aliphatic carbocycles. The SMILES string of the molecule is COC(=O)c1cc2c(c(B(O)O)c1)OCCC2. The van der Waals surface area contributed by atoms with E-state index in [4.69, 9.17) is 4.74 Å². The van der Waals surface area contributed by atoms with E-state index >= 15 is 0 Å². The average molecular weight is 236 g/mol. The normalized spacial score (nSPS) is 13.6. The molecule has 0 spiro atoms. The molecule has 1 aromatic carbocycles. The predicted molar refractivity (Wildman–Crippen MR) is 61.4 cm³/mol. The lowest BCUT2D eigenvalue weighted by Crippen LogP contribution is -2.34. The van der Waals surface area contributed by atoms with Crippen molar-refractivity contribution < 1.29 is 24.3 Å². The Morgan fingerprint density at radius 1 is 1.47 bits per heavy atom. The van der Waals surface area contributed by atoms with E-state index in [1.807, 2.05) is 0 Å². The topological polar surface area (TPSA) is 76.0 Å². The summed E-state index contributed by atoms with van der Waals surface area (Å²) in [7, 11) is -0.376. The first-order valence-corrected chi connectivity index (χ1v) is 5.37. The van der Waals surface area contributed by atoms with Crippen molar-refractivity contribution in [3.63, 3.8) is 0 Å². The minimum atomic E-state index is -1.66. The number of hydrogen-bond acceptors (Lipinski definition) is 5. The van der Waals surface area contributed by atoms with Crippen LogP contribution in [0.4, 0.5) is 0 Å². The number of hydrogen-bond donors (Lipinski definition) is 2. The number of rotatable bonds is 2. The summed E-state index contributed by atoms with van der Waals surface area (Å²) in [5.41, 5.74) is 1.32. The Morgan fingerprint density at radius 3 is 2.88 bits per heavy atom. The molecule has 1 aliphatic heterocycles. The second-order valence-corrected chi connectivity index (χ2v) is 3.87. The summed E-state index contributed by atoms with van der Waals surface area (Å²) in [6.07, 6.45) is 1.60. The van der Waals surface area contributed by atoms with Crippen LogP contribution in [0.5, 0.6) is 5.75 Å². The quantitative estimate of drug-likeness (QED) is 0.533. The fourth-order valence-corrected chi connectivity index (χ4v) is 1.94. The molecular weight excluding hydrogens is 223 g/mol. The van der Waals surface area contributed by atoms with Crippen LogP contribution in [0.3, 0.4) is 0 Å². The first kappa shape index (κ1) is 11.9. The van der Waals surface area contributed by atoms with Crippen molar-refractivity contribution in [1.82, 2.24) is 0 Å². The summed E-state index contributed by atoms with van der Waals surface area (Å²) < 4.78 is 10.0. The van der Waals surface area contributed by atoms with E-state index in [-0.39, 0.29) is 5.46 Å². The first-order chi connectivity index (χ1) is 8.13. The summed E-state index contributed by atoms with van der Waals surface area (Å²) in [5.74, 6) is -0.0285. The second kappa shape index (κ2) is 4.77. The molecule has 0 unspecified atom stereocenters. The zero-order valence-electron chi connectivity index (χ0n) is 9.47. The van der Waals surface area contributed by atoms with Crippen LogP contribution in [0.15, 0.2) is 12.1 Å². The second-order valence-electron chi connectivity index (χ2n) is 3.87. The molecule has 0 bridgehead atoms. The maximum atomic E-state index is 11.4. The van der Waals surface area contributed by atoms with Gasteiger partial charge in [0.2, 0.25) is 0 Å². The zero-order valence-corrected chi connectivity index (χ0v) is 9.47. The highest BCUT2D eigenvalue weighted by atomic mass is 16.5. The average Bonchev–Trinajstić information content (AvgIpc) is 2.36. The van der Waals surface area contributed by atoms with Gasteiger partial charge in [-0.1, -0.05) is 0 Å². The van der Waals surface area contributed by atoms with Crippen molar-refractivity contribution in [2.24, 2.45) is 0 Å². The van der Waals surface area contributed by atoms with Crippen molar-refractivity contribution in [3.8, 4) is 5.75 Å².